The summed E-state index contributed by atoms with van der Waals surface area (Å²) in [6.07, 6.45) is 1.96. The fourth-order valence-electron chi connectivity index (χ4n) is 2.59. The molecule has 18 heavy (non-hydrogen) atoms. The molecule has 2 heterocycles. The van der Waals surface area contributed by atoms with Crippen LogP contribution >= 0.6 is 11.8 Å². The third-order valence-corrected chi connectivity index (χ3v) is 4.88. The highest BCUT2D eigenvalue weighted by atomic mass is 32.2. The van der Waals surface area contributed by atoms with Crippen molar-refractivity contribution in [2.75, 3.05) is 26.2 Å². The minimum atomic E-state index is 0.0977. The number of hydrogen-bond donors (Lipinski definition) is 1. The van der Waals surface area contributed by atoms with E-state index in [9.17, 15) is 4.79 Å². The Labute approximate surface area is 112 Å². The highest BCUT2D eigenvalue weighted by molar-refractivity contribution is 8.01. The normalized spacial score (nSPS) is 23.6. The molecule has 0 spiro atoms. The highest BCUT2D eigenvalue weighted by Gasteiger charge is 2.31. The van der Waals surface area contributed by atoms with E-state index in [1.807, 2.05) is 4.90 Å². The third-order valence-electron chi connectivity index (χ3n) is 3.57. The largest absolute Gasteiger partial charge is 0.340 e. The van der Waals surface area contributed by atoms with Crippen LogP contribution in [0.4, 0.5) is 0 Å². The molecule has 0 bridgehead atoms. The van der Waals surface area contributed by atoms with Crippen LogP contribution in [-0.2, 0) is 11.2 Å². The van der Waals surface area contributed by atoms with Crippen molar-refractivity contribution >= 4 is 17.7 Å². The Morgan fingerprint density at radius 2 is 2.17 bits per heavy atom. The lowest BCUT2D eigenvalue weighted by Gasteiger charge is -2.23. The van der Waals surface area contributed by atoms with Crippen LogP contribution < -0.4 is 5.32 Å². The van der Waals surface area contributed by atoms with Gasteiger partial charge in [-0.2, -0.15) is 0 Å². The van der Waals surface area contributed by atoms with Gasteiger partial charge in [-0.3, -0.25) is 4.79 Å². The molecule has 1 aromatic rings. The Morgan fingerprint density at radius 3 is 3.06 bits per heavy atom. The van der Waals surface area contributed by atoms with Crippen LogP contribution in [-0.4, -0.2) is 42.2 Å². The first-order chi connectivity index (χ1) is 8.84. The molecule has 1 N–H and O–H groups in total. The van der Waals surface area contributed by atoms with Crippen LogP contribution in [0.1, 0.15) is 12.0 Å². The number of rotatable bonds is 1. The summed E-state index contributed by atoms with van der Waals surface area (Å²) >= 11 is 1.73. The molecule has 1 saturated heterocycles. The van der Waals surface area contributed by atoms with E-state index >= 15 is 0 Å². The molecule has 2 aliphatic rings. The Kier molecular flexibility index (Phi) is 3.57. The van der Waals surface area contributed by atoms with Gasteiger partial charge in [-0.15, -0.1) is 11.8 Å². The average molecular weight is 262 g/mol. The van der Waals surface area contributed by atoms with Crippen molar-refractivity contribution in [1.29, 1.82) is 0 Å². The van der Waals surface area contributed by atoms with E-state index in [0.717, 1.165) is 39.0 Å². The summed E-state index contributed by atoms with van der Waals surface area (Å²) in [5.41, 5.74) is 1.33. The molecule has 3 nitrogen and oxygen atoms in total. The number of hydrogen-bond acceptors (Lipinski definition) is 3. The molecule has 0 aromatic heterocycles. The van der Waals surface area contributed by atoms with Gasteiger partial charge < -0.3 is 10.2 Å². The Morgan fingerprint density at radius 1 is 1.28 bits per heavy atom. The van der Waals surface area contributed by atoms with Crippen molar-refractivity contribution in [3.05, 3.63) is 29.8 Å². The number of nitrogens with zero attached hydrogens (tertiary/aromatic N) is 1. The maximum absolute atomic E-state index is 12.5. The van der Waals surface area contributed by atoms with Gasteiger partial charge in [-0.25, -0.2) is 0 Å². The van der Waals surface area contributed by atoms with Crippen LogP contribution in [0.5, 0.6) is 0 Å². The second-order valence-corrected chi connectivity index (χ2v) is 6.09. The van der Waals surface area contributed by atoms with Crippen molar-refractivity contribution in [3.63, 3.8) is 0 Å². The minimum absolute atomic E-state index is 0.0977. The van der Waals surface area contributed by atoms with Gasteiger partial charge in [0.25, 0.3) is 0 Å². The van der Waals surface area contributed by atoms with Crippen molar-refractivity contribution in [3.8, 4) is 0 Å². The van der Waals surface area contributed by atoms with E-state index < -0.39 is 0 Å². The molecule has 0 aliphatic carbocycles. The quantitative estimate of drug-likeness (QED) is 0.833. The van der Waals surface area contributed by atoms with Crippen molar-refractivity contribution in [1.82, 2.24) is 10.2 Å². The van der Waals surface area contributed by atoms with Gasteiger partial charge in [-0.05, 0) is 31.0 Å². The predicted octanol–water partition coefficient (Wildman–Crippen LogP) is 1.53. The van der Waals surface area contributed by atoms with Gasteiger partial charge >= 0.3 is 0 Å². The van der Waals surface area contributed by atoms with Gasteiger partial charge in [-0.1, -0.05) is 18.2 Å². The molecule has 1 amide bonds. The summed E-state index contributed by atoms with van der Waals surface area (Å²) in [6, 6.07) is 8.37. The molecular formula is C14H18N2OS. The van der Waals surface area contributed by atoms with Gasteiger partial charge in [0.2, 0.25) is 5.91 Å². The zero-order chi connectivity index (χ0) is 12.4. The first-order valence-corrected chi connectivity index (χ1v) is 7.46. The van der Waals surface area contributed by atoms with E-state index in [1.165, 1.54) is 10.5 Å². The Bertz CT molecular complexity index is 416. The third kappa shape index (κ3) is 2.40. The zero-order valence-corrected chi connectivity index (χ0v) is 11.2. The molecule has 1 unspecified atom stereocenters. The standard InChI is InChI=1S/C14H18N2OS/c17-14(16-8-3-6-15-7-9-16)13-10-11-4-1-2-5-12(11)18-13/h1-2,4-5,13,15H,3,6-10H2. The summed E-state index contributed by atoms with van der Waals surface area (Å²) in [5, 5.41) is 3.44. The zero-order valence-electron chi connectivity index (χ0n) is 10.4. The molecule has 0 radical (unpaired) electrons. The summed E-state index contributed by atoms with van der Waals surface area (Å²) in [4.78, 5) is 15.8. The summed E-state index contributed by atoms with van der Waals surface area (Å²) in [7, 11) is 0. The predicted molar refractivity (Wildman–Crippen MR) is 73.9 cm³/mol. The van der Waals surface area contributed by atoms with Crippen molar-refractivity contribution in [2.24, 2.45) is 0 Å². The monoisotopic (exact) mass is 262 g/mol. The fourth-order valence-corrected chi connectivity index (χ4v) is 3.87. The fraction of sp³-hybridized carbons (Fsp3) is 0.500. The van der Waals surface area contributed by atoms with Crippen LogP contribution in [0.25, 0.3) is 0 Å². The van der Waals surface area contributed by atoms with E-state index in [-0.39, 0.29) is 5.25 Å². The molecule has 0 saturated carbocycles. The van der Waals surface area contributed by atoms with Crippen LogP contribution in [0.2, 0.25) is 0 Å². The van der Waals surface area contributed by atoms with Crippen molar-refractivity contribution in [2.45, 2.75) is 23.0 Å². The number of nitrogens with one attached hydrogen (secondary N) is 1. The Balaban J connectivity index is 1.68. The minimum Gasteiger partial charge on any atom is -0.340 e. The maximum atomic E-state index is 12.5. The molecule has 96 valence electrons. The summed E-state index contributed by atoms with van der Waals surface area (Å²) in [5.74, 6) is 0.319. The number of benzene rings is 1. The molecule has 3 rings (SSSR count). The lowest BCUT2D eigenvalue weighted by molar-refractivity contribution is -0.130. The van der Waals surface area contributed by atoms with E-state index in [1.54, 1.807) is 11.8 Å². The van der Waals surface area contributed by atoms with Gasteiger partial charge in [0.1, 0.15) is 0 Å². The molecule has 1 atom stereocenters. The second-order valence-electron chi connectivity index (χ2n) is 4.85. The number of fused-ring (bicyclic) bond motifs is 1. The molecule has 4 heteroatoms. The lowest BCUT2D eigenvalue weighted by atomic mass is 10.1. The molecule has 1 fully saturated rings. The van der Waals surface area contributed by atoms with E-state index in [4.69, 9.17) is 0 Å². The van der Waals surface area contributed by atoms with Crippen LogP contribution in [0.15, 0.2) is 29.2 Å². The molecule has 1 aromatic carbocycles. The van der Waals surface area contributed by atoms with Crippen LogP contribution in [0, 0.1) is 0 Å². The number of carbonyl (C=O) groups excluding carboxylic acids is 1. The van der Waals surface area contributed by atoms with E-state index in [2.05, 4.69) is 29.6 Å². The average Bonchev–Trinajstić information content (AvgIpc) is 2.64. The topological polar surface area (TPSA) is 32.3 Å². The number of carbonyl (C=O) groups is 1. The summed E-state index contributed by atoms with van der Waals surface area (Å²) in [6.45, 7) is 3.71. The van der Waals surface area contributed by atoms with E-state index in [0.29, 0.717) is 5.91 Å². The number of amides is 1. The first-order valence-electron chi connectivity index (χ1n) is 6.58. The Hall–Kier alpha value is -1.00. The second kappa shape index (κ2) is 5.33. The molecule has 2 aliphatic heterocycles. The number of thioether (sulfide) groups is 1. The maximum Gasteiger partial charge on any atom is 0.236 e. The molecular weight excluding hydrogens is 244 g/mol. The van der Waals surface area contributed by atoms with Crippen molar-refractivity contribution < 1.29 is 4.79 Å². The summed E-state index contributed by atoms with van der Waals surface area (Å²) < 4.78 is 0. The SMILES string of the molecule is O=C(C1Cc2ccccc2S1)N1CCCNCC1. The van der Waals surface area contributed by atoms with Crippen LogP contribution in [0.3, 0.4) is 0 Å². The van der Waals surface area contributed by atoms with Gasteiger partial charge in [0.15, 0.2) is 0 Å². The van der Waals surface area contributed by atoms with Gasteiger partial charge in [0, 0.05) is 24.5 Å². The van der Waals surface area contributed by atoms with Gasteiger partial charge in [0.05, 0.1) is 5.25 Å². The lowest BCUT2D eigenvalue weighted by Crippen LogP contribution is -2.39. The smallest absolute Gasteiger partial charge is 0.236 e. The highest BCUT2D eigenvalue weighted by Crippen LogP contribution is 2.37. The first kappa shape index (κ1) is 12.1.